The summed E-state index contributed by atoms with van der Waals surface area (Å²) in [6.07, 6.45) is 0.204. The fraction of sp³-hybridized carbons (Fsp3) is 0.182. The van der Waals surface area contributed by atoms with Crippen LogP contribution in [0.2, 0.25) is 0 Å². The minimum Gasteiger partial charge on any atom is -0.379 e. The number of carbonyl (C=O) groups excluding carboxylic acids is 2. The van der Waals surface area contributed by atoms with Crippen molar-refractivity contribution in [2.75, 3.05) is 0 Å². The average Bonchev–Trinajstić information content (AvgIpc) is 2.27. The molecule has 0 unspecified atom stereocenters. The molecule has 1 amide bonds. The number of nitrogens with two attached hydrogens (primary N) is 1. The minimum atomic E-state index is -0.375. The van der Waals surface area contributed by atoms with E-state index in [0.29, 0.717) is 0 Å². The highest BCUT2D eigenvalue weighted by atomic mass is 16.2. The molecular weight excluding hydrogens is 206 g/mol. The summed E-state index contributed by atoms with van der Waals surface area (Å²) >= 11 is 0. The van der Waals surface area contributed by atoms with Gasteiger partial charge in [-0.3, -0.25) is 9.59 Å². The summed E-state index contributed by atoms with van der Waals surface area (Å²) in [6, 6.07) is 9.22. The molecule has 0 saturated heterocycles. The zero-order valence-corrected chi connectivity index (χ0v) is 8.93. The topological polar surface area (TPSA) is 84.6 Å². The van der Waals surface area contributed by atoms with Gasteiger partial charge in [-0.15, -0.1) is 0 Å². The summed E-state index contributed by atoms with van der Waals surface area (Å²) in [5.41, 5.74) is 8.33. The molecule has 0 saturated carbocycles. The molecule has 0 aliphatic heterocycles. The van der Waals surface area contributed by atoms with Crippen molar-refractivity contribution < 1.29 is 9.59 Å². The Balaban J connectivity index is 2.49. The first-order chi connectivity index (χ1) is 7.59. The Labute approximate surface area is 93.3 Å². The number of hydrazone groups is 1. The van der Waals surface area contributed by atoms with E-state index in [-0.39, 0.29) is 23.9 Å². The number of nitrogens with one attached hydrogen (secondary N) is 1. The van der Waals surface area contributed by atoms with Gasteiger partial charge in [0, 0.05) is 6.92 Å². The smallest absolute Gasteiger partial charge is 0.244 e. The standard InChI is InChI=1S/C11H13N3O2/c1-8(15)11(12)14-13-10(16)7-9-5-3-2-4-6-9/h2-6H,7H2,1H3,(H2,12,14)(H,13,16). The van der Waals surface area contributed by atoms with Crippen LogP contribution >= 0.6 is 0 Å². The molecule has 0 spiro atoms. The molecule has 3 N–H and O–H groups in total. The second-order valence-corrected chi connectivity index (χ2v) is 3.25. The minimum absolute atomic E-state index is 0.204. The fourth-order valence-electron chi connectivity index (χ4n) is 1.02. The fourth-order valence-corrected chi connectivity index (χ4v) is 1.02. The number of benzene rings is 1. The molecular formula is C11H13N3O2. The van der Waals surface area contributed by atoms with E-state index in [1.165, 1.54) is 6.92 Å². The number of Topliss-reactive ketones (excluding diaryl/α,β-unsaturated/α-hetero) is 1. The molecule has 0 radical (unpaired) electrons. The van der Waals surface area contributed by atoms with Gasteiger partial charge in [0.05, 0.1) is 6.42 Å². The molecule has 0 aliphatic carbocycles. The molecule has 0 atom stereocenters. The van der Waals surface area contributed by atoms with E-state index in [0.717, 1.165) is 5.56 Å². The highest BCUT2D eigenvalue weighted by molar-refractivity contribution is 6.37. The van der Waals surface area contributed by atoms with Crippen LogP contribution in [0.3, 0.4) is 0 Å². The highest BCUT2D eigenvalue weighted by Crippen LogP contribution is 1.98. The number of amides is 1. The van der Waals surface area contributed by atoms with Crippen molar-refractivity contribution >= 4 is 17.5 Å². The lowest BCUT2D eigenvalue weighted by atomic mass is 10.1. The van der Waals surface area contributed by atoms with Crippen LogP contribution < -0.4 is 11.2 Å². The molecule has 0 aromatic heterocycles. The predicted molar refractivity (Wildman–Crippen MR) is 60.6 cm³/mol. The first-order valence-electron chi connectivity index (χ1n) is 4.76. The van der Waals surface area contributed by atoms with Crippen LogP contribution in [0, 0.1) is 0 Å². The van der Waals surface area contributed by atoms with Crippen LogP contribution in [-0.4, -0.2) is 17.5 Å². The van der Waals surface area contributed by atoms with Gasteiger partial charge in [-0.2, -0.15) is 5.10 Å². The van der Waals surface area contributed by atoms with E-state index < -0.39 is 0 Å². The number of nitrogens with zero attached hydrogens (tertiary/aromatic N) is 1. The molecule has 0 aliphatic rings. The van der Waals surface area contributed by atoms with E-state index in [1.807, 2.05) is 30.3 Å². The third-order valence-electron chi connectivity index (χ3n) is 1.87. The Morgan fingerprint density at radius 2 is 1.94 bits per heavy atom. The Morgan fingerprint density at radius 1 is 1.31 bits per heavy atom. The second kappa shape index (κ2) is 5.65. The lowest BCUT2D eigenvalue weighted by Crippen LogP contribution is -2.28. The number of carbonyl (C=O) groups is 2. The van der Waals surface area contributed by atoms with E-state index in [4.69, 9.17) is 5.73 Å². The first-order valence-corrected chi connectivity index (χ1v) is 4.76. The normalized spacial score (nSPS) is 10.9. The van der Waals surface area contributed by atoms with Crippen molar-refractivity contribution in [2.45, 2.75) is 13.3 Å². The quantitative estimate of drug-likeness (QED) is 0.431. The van der Waals surface area contributed by atoms with Crippen LogP contribution in [0.1, 0.15) is 12.5 Å². The summed E-state index contributed by atoms with van der Waals surface area (Å²) < 4.78 is 0. The Morgan fingerprint density at radius 3 is 2.50 bits per heavy atom. The Hall–Kier alpha value is -2.17. The van der Waals surface area contributed by atoms with Crippen LogP contribution in [0.5, 0.6) is 0 Å². The summed E-state index contributed by atoms with van der Waals surface area (Å²) in [5, 5.41) is 3.47. The largest absolute Gasteiger partial charge is 0.379 e. The van der Waals surface area contributed by atoms with Gasteiger partial charge in [-0.25, -0.2) is 5.43 Å². The molecule has 1 aromatic rings. The molecule has 0 bridgehead atoms. The van der Waals surface area contributed by atoms with Gasteiger partial charge in [0.1, 0.15) is 0 Å². The number of ketones is 1. The summed E-state index contributed by atoms with van der Waals surface area (Å²) in [5.74, 6) is -0.892. The summed E-state index contributed by atoms with van der Waals surface area (Å²) in [4.78, 5) is 22.1. The van der Waals surface area contributed by atoms with Crippen molar-refractivity contribution in [1.82, 2.24) is 5.43 Å². The maximum absolute atomic E-state index is 11.4. The molecule has 1 aromatic carbocycles. The molecule has 1 rings (SSSR count). The van der Waals surface area contributed by atoms with E-state index >= 15 is 0 Å². The van der Waals surface area contributed by atoms with Crippen LogP contribution in [0.25, 0.3) is 0 Å². The summed E-state index contributed by atoms with van der Waals surface area (Å²) in [7, 11) is 0. The molecule has 5 nitrogen and oxygen atoms in total. The van der Waals surface area contributed by atoms with Gasteiger partial charge >= 0.3 is 0 Å². The monoisotopic (exact) mass is 219 g/mol. The zero-order chi connectivity index (χ0) is 12.0. The second-order valence-electron chi connectivity index (χ2n) is 3.25. The van der Waals surface area contributed by atoms with Gasteiger partial charge in [-0.1, -0.05) is 30.3 Å². The van der Waals surface area contributed by atoms with Gasteiger partial charge in [0.15, 0.2) is 11.6 Å². The number of amidine groups is 1. The highest BCUT2D eigenvalue weighted by Gasteiger charge is 2.03. The third-order valence-corrected chi connectivity index (χ3v) is 1.87. The van der Waals surface area contributed by atoms with Crippen molar-refractivity contribution in [1.29, 1.82) is 0 Å². The van der Waals surface area contributed by atoms with E-state index in [1.54, 1.807) is 0 Å². The van der Waals surface area contributed by atoms with Crippen LogP contribution in [0.15, 0.2) is 35.4 Å². The lowest BCUT2D eigenvalue weighted by molar-refractivity contribution is -0.120. The zero-order valence-electron chi connectivity index (χ0n) is 8.93. The SMILES string of the molecule is CC(=O)C(N)=NNC(=O)Cc1ccccc1. The number of hydrogen-bond donors (Lipinski definition) is 2. The van der Waals surface area contributed by atoms with Crippen LogP contribution in [0.4, 0.5) is 0 Å². The van der Waals surface area contributed by atoms with Gasteiger partial charge in [0.2, 0.25) is 5.91 Å². The molecule has 84 valence electrons. The van der Waals surface area contributed by atoms with E-state index in [9.17, 15) is 9.59 Å². The van der Waals surface area contributed by atoms with Gasteiger partial charge in [-0.05, 0) is 5.56 Å². The maximum Gasteiger partial charge on any atom is 0.244 e. The van der Waals surface area contributed by atoms with Gasteiger partial charge < -0.3 is 5.73 Å². The van der Waals surface area contributed by atoms with Crippen molar-refractivity contribution in [2.24, 2.45) is 10.8 Å². The van der Waals surface area contributed by atoms with Crippen molar-refractivity contribution in [3.05, 3.63) is 35.9 Å². The average molecular weight is 219 g/mol. The Kier molecular flexibility index (Phi) is 4.20. The number of hydrogen-bond acceptors (Lipinski definition) is 3. The summed E-state index contributed by atoms with van der Waals surface area (Å²) in [6.45, 7) is 1.28. The Bertz CT molecular complexity index is 412. The molecule has 0 heterocycles. The maximum atomic E-state index is 11.4. The predicted octanol–water partition coefficient (Wildman–Crippen LogP) is 0.206. The number of rotatable bonds is 4. The third kappa shape index (κ3) is 3.91. The van der Waals surface area contributed by atoms with Gasteiger partial charge in [0.25, 0.3) is 0 Å². The molecule has 0 fully saturated rings. The lowest BCUT2D eigenvalue weighted by Gasteiger charge is -2.00. The van der Waals surface area contributed by atoms with Crippen molar-refractivity contribution in [3.63, 3.8) is 0 Å². The molecule has 5 heteroatoms. The van der Waals surface area contributed by atoms with Crippen molar-refractivity contribution in [3.8, 4) is 0 Å². The van der Waals surface area contributed by atoms with E-state index in [2.05, 4.69) is 10.5 Å². The van der Waals surface area contributed by atoms with Crippen LogP contribution in [-0.2, 0) is 16.0 Å². The molecule has 16 heavy (non-hydrogen) atoms. The first kappa shape index (κ1) is 11.9.